The zero-order chi connectivity index (χ0) is 17.7. The van der Waals surface area contributed by atoms with Crippen molar-refractivity contribution >= 4 is 35.0 Å². The maximum atomic E-state index is 12.4. The van der Waals surface area contributed by atoms with Crippen LogP contribution in [0.5, 0.6) is 0 Å². The van der Waals surface area contributed by atoms with Gasteiger partial charge in [-0.05, 0) is 49.2 Å². The first-order valence-electron chi connectivity index (χ1n) is 7.62. The van der Waals surface area contributed by atoms with Crippen molar-refractivity contribution in [2.45, 2.75) is 19.8 Å². The Kier molecular flexibility index (Phi) is 6.41. The van der Waals surface area contributed by atoms with Crippen molar-refractivity contribution in [1.82, 2.24) is 0 Å². The van der Waals surface area contributed by atoms with Gasteiger partial charge in [-0.15, -0.1) is 0 Å². The second-order valence-corrected chi connectivity index (χ2v) is 6.29. The van der Waals surface area contributed by atoms with Gasteiger partial charge in [-0.3, -0.25) is 9.59 Å². The Bertz CT molecular complexity index is 663. The van der Waals surface area contributed by atoms with Gasteiger partial charge >= 0.3 is 5.97 Å². The molecule has 2 aromatic rings. The van der Waals surface area contributed by atoms with Crippen molar-refractivity contribution in [2.24, 2.45) is 5.92 Å². The van der Waals surface area contributed by atoms with Gasteiger partial charge in [0.1, 0.15) is 11.7 Å². The topological polar surface area (TPSA) is 43.4 Å². The van der Waals surface area contributed by atoms with Crippen LogP contribution in [-0.4, -0.2) is 18.4 Å². The lowest BCUT2D eigenvalue weighted by Gasteiger charge is -2.25. The molecule has 2 rings (SSSR count). The van der Waals surface area contributed by atoms with Crippen LogP contribution in [0.25, 0.3) is 0 Å². The average Bonchev–Trinajstić information content (AvgIpc) is 2.54. The molecule has 0 saturated heterocycles. The Hall–Kier alpha value is -1.84. The van der Waals surface area contributed by atoms with E-state index in [0.29, 0.717) is 10.0 Å². The summed E-state index contributed by atoms with van der Waals surface area (Å²) in [4.78, 5) is 24.6. The molecule has 0 saturated carbocycles. The molecule has 0 spiro atoms. The van der Waals surface area contributed by atoms with Gasteiger partial charge in [0.15, 0.2) is 0 Å². The Morgan fingerprint density at radius 2 is 1.33 bits per heavy atom. The number of Topliss-reactive ketones (excluding diaryl/α,β-unsaturated/α-hetero) is 1. The summed E-state index contributed by atoms with van der Waals surface area (Å²) >= 11 is 11.9. The third-order valence-corrected chi connectivity index (χ3v) is 4.27. The van der Waals surface area contributed by atoms with Crippen LogP contribution in [0.3, 0.4) is 0 Å². The van der Waals surface area contributed by atoms with Crippen molar-refractivity contribution in [3.8, 4) is 0 Å². The van der Waals surface area contributed by atoms with Crippen LogP contribution in [-0.2, 0) is 14.3 Å². The van der Waals surface area contributed by atoms with Gasteiger partial charge in [-0.2, -0.15) is 0 Å². The number of hydrogen-bond donors (Lipinski definition) is 0. The highest BCUT2D eigenvalue weighted by Crippen LogP contribution is 2.35. The molecule has 1 unspecified atom stereocenters. The first-order chi connectivity index (χ1) is 11.4. The van der Waals surface area contributed by atoms with Gasteiger partial charge < -0.3 is 4.74 Å². The molecule has 0 bridgehead atoms. The quantitative estimate of drug-likeness (QED) is 0.541. The second-order valence-electron chi connectivity index (χ2n) is 5.42. The van der Waals surface area contributed by atoms with Crippen molar-refractivity contribution in [3.63, 3.8) is 0 Å². The number of benzene rings is 2. The molecule has 0 aliphatic carbocycles. The van der Waals surface area contributed by atoms with Crippen LogP contribution in [0.1, 0.15) is 30.9 Å². The lowest BCUT2D eigenvalue weighted by atomic mass is 9.79. The van der Waals surface area contributed by atoms with Gasteiger partial charge in [0, 0.05) is 16.0 Å². The minimum absolute atomic E-state index is 0.219. The number of carbonyl (C=O) groups is 2. The van der Waals surface area contributed by atoms with E-state index in [1.165, 1.54) is 6.92 Å². The van der Waals surface area contributed by atoms with E-state index in [-0.39, 0.29) is 12.4 Å². The van der Waals surface area contributed by atoms with Crippen LogP contribution >= 0.6 is 23.2 Å². The molecule has 0 aromatic heterocycles. The molecule has 0 heterocycles. The van der Waals surface area contributed by atoms with E-state index in [2.05, 4.69) is 0 Å². The fourth-order valence-electron chi connectivity index (χ4n) is 2.69. The van der Waals surface area contributed by atoms with Crippen LogP contribution < -0.4 is 0 Å². The first kappa shape index (κ1) is 18.5. The first-order valence-corrected chi connectivity index (χ1v) is 8.37. The Morgan fingerprint density at radius 1 is 0.917 bits per heavy atom. The Morgan fingerprint density at radius 3 is 1.67 bits per heavy atom. The standard InChI is InChI=1S/C19H18Cl2O3/c1-3-24-19(23)17(12(2)22)18(13-4-8-15(20)9-5-13)14-6-10-16(21)11-7-14/h4-11,17-18H,3H2,1-2H3. The lowest BCUT2D eigenvalue weighted by Crippen LogP contribution is -2.31. The molecule has 3 nitrogen and oxygen atoms in total. The summed E-state index contributed by atoms with van der Waals surface area (Å²) in [6.07, 6.45) is 0. The third kappa shape index (κ3) is 4.37. The third-order valence-electron chi connectivity index (χ3n) is 3.77. The lowest BCUT2D eigenvalue weighted by molar-refractivity contribution is -0.151. The molecular weight excluding hydrogens is 347 g/mol. The molecule has 0 N–H and O–H groups in total. The molecule has 0 amide bonds. The monoisotopic (exact) mass is 364 g/mol. The number of halogens is 2. The van der Waals surface area contributed by atoms with E-state index in [1.807, 2.05) is 24.3 Å². The van der Waals surface area contributed by atoms with E-state index in [0.717, 1.165) is 11.1 Å². The van der Waals surface area contributed by atoms with Crippen LogP contribution in [0.2, 0.25) is 10.0 Å². The van der Waals surface area contributed by atoms with Gasteiger partial charge in [0.25, 0.3) is 0 Å². The van der Waals surface area contributed by atoms with Crippen LogP contribution in [0.4, 0.5) is 0 Å². The van der Waals surface area contributed by atoms with Crippen LogP contribution in [0, 0.1) is 5.92 Å². The van der Waals surface area contributed by atoms with Gasteiger partial charge in [-0.25, -0.2) is 0 Å². The van der Waals surface area contributed by atoms with E-state index in [1.54, 1.807) is 31.2 Å². The molecule has 0 aliphatic rings. The zero-order valence-corrected chi connectivity index (χ0v) is 15.0. The maximum absolute atomic E-state index is 12.4. The van der Waals surface area contributed by atoms with E-state index < -0.39 is 17.8 Å². The van der Waals surface area contributed by atoms with Crippen LogP contribution in [0.15, 0.2) is 48.5 Å². The largest absolute Gasteiger partial charge is 0.465 e. The Labute approximate surface area is 151 Å². The average molecular weight is 365 g/mol. The number of hydrogen-bond acceptors (Lipinski definition) is 3. The fraction of sp³-hybridized carbons (Fsp3) is 0.263. The maximum Gasteiger partial charge on any atom is 0.317 e. The summed E-state index contributed by atoms with van der Waals surface area (Å²) in [6, 6.07) is 14.2. The van der Waals surface area contributed by atoms with E-state index in [4.69, 9.17) is 27.9 Å². The van der Waals surface area contributed by atoms with E-state index in [9.17, 15) is 9.59 Å². The predicted octanol–water partition coefficient (Wildman–Crippen LogP) is 4.89. The number of ether oxygens (including phenoxy) is 1. The minimum atomic E-state index is -0.924. The van der Waals surface area contributed by atoms with Crippen molar-refractivity contribution in [1.29, 1.82) is 0 Å². The molecule has 5 heteroatoms. The normalized spacial score (nSPS) is 12.0. The summed E-state index contributed by atoms with van der Waals surface area (Å²) in [6.45, 7) is 3.34. The molecule has 0 radical (unpaired) electrons. The van der Waals surface area contributed by atoms with E-state index >= 15 is 0 Å². The van der Waals surface area contributed by atoms with Gasteiger partial charge in [0.2, 0.25) is 0 Å². The minimum Gasteiger partial charge on any atom is -0.465 e. The number of rotatable bonds is 6. The van der Waals surface area contributed by atoms with Crippen molar-refractivity contribution in [2.75, 3.05) is 6.61 Å². The molecule has 0 aliphatic heterocycles. The van der Waals surface area contributed by atoms with Gasteiger partial charge in [-0.1, -0.05) is 47.5 Å². The van der Waals surface area contributed by atoms with Gasteiger partial charge in [0.05, 0.1) is 6.61 Å². The number of carbonyl (C=O) groups excluding carboxylic acids is 2. The molecule has 24 heavy (non-hydrogen) atoms. The second kappa shape index (κ2) is 8.32. The summed E-state index contributed by atoms with van der Waals surface area (Å²) in [5.41, 5.74) is 1.63. The number of esters is 1. The predicted molar refractivity (Wildman–Crippen MR) is 95.6 cm³/mol. The molecule has 1 atom stereocenters. The summed E-state index contributed by atoms with van der Waals surface area (Å²) < 4.78 is 5.12. The summed E-state index contributed by atoms with van der Waals surface area (Å²) in [5.74, 6) is -2.16. The van der Waals surface area contributed by atoms with Crippen molar-refractivity contribution in [3.05, 3.63) is 69.7 Å². The highest BCUT2D eigenvalue weighted by molar-refractivity contribution is 6.30. The SMILES string of the molecule is CCOC(=O)C(C(C)=O)C(c1ccc(Cl)cc1)c1ccc(Cl)cc1. The number of ketones is 1. The zero-order valence-electron chi connectivity index (χ0n) is 13.5. The highest BCUT2D eigenvalue weighted by Gasteiger charge is 2.35. The summed E-state index contributed by atoms with van der Waals surface area (Å²) in [5, 5.41) is 1.17. The summed E-state index contributed by atoms with van der Waals surface area (Å²) in [7, 11) is 0. The molecule has 126 valence electrons. The molecule has 2 aromatic carbocycles. The smallest absolute Gasteiger partial charge is 0.317 e. The Balaban J connectivity index is 2.55. The molecular formula is C19H18Cl2O3. The molecule has 0 fully saturated rings. The fourth-order valence-corrected chi connectivity index (χ4v) is 2.94. The highest BCUT2D eigenvalue weighted by atomic mass is 35.5. The van der Waals surface area contributed by atoms with Crippen molar-refractivity contribution < 1.29 is 14.3 Å².